The van der Waals surface area contributed by atoms with Gasteiger partial charge >= 0.3 is 11.4 Å². The van der Waals surface area contributed by atoms with Crippen LogP contribution in [0.25, 0.3) is 0 Å². The van der Waals surface area contributed by atoms with E-state index in [2.05, 4.69) is 0 Å². The van der Waals surface area contributed by atoms with Crippen molar-refractivity contribution in [2.45, 2.75) is 6.42 Å². The molecule has 0 fully saturated rings. The fourth-order valence-electron chi connectivity index (χ4n) is 2.00. The van der Waals surface area contributed by atoms with Gasteiger partial charge in [0.05, 0.1) is 19.9 Å². The highest BCUT2D eigenvalue weighted by Gasteiger charge is 2.21. The summed E-state index contributed by atoms with van der Waals surface area (Å²) in [5.74, 6) is -1.31. The summed E-state index contributed by atoms with van der Waals surface area (Å²) in [5, 5.41) is 40.4. The van der Waals surface area contributed by atoms with Gasteiger partial charge in [0.2, 0.25) is 11.5 Å². The van der Waals surface area contributed by atoms with E-state index in [-0.39, 0.29) is 16.5 Å². The topological polar surface area (TPSA) is 127 Å². The van der Waals surface area contributed by atoms with Crippen molar-refractivity contribution in [3.8, 4) is 11.5 Å². The number of nitrogens with zero attached hydrogens (tertiary/aromatic N) is 2. The van der Waals surface area contributed by atoms with Crippen LogP contribution >= 0.6 is 23.2 Å². The normalized spacial score (nSPS) is 10.5. The highest BCUT2D eigenvalue weighted by atomic mass is 35.5. The maximum absolute atomic E-state index is 10.9. The van der Waals surface area contributed by atoms with Crippen LogP contribution in [0, 0.1) is 20.2 Å². The first-order valence-corrected chi connectivity index (χ1v) is 6.78. The number of aromatic hydroxyl groups is 2. The lowest BCUT2D eigenvalue weighted by Gasteiger charge is -2.07. The van der Waals surface area contributed by atoms with E-state index in [4.69, 9.17) is 23.2 Å². The monoisotopic (exact) mass is 358 g/mol. The van der Waals surface area contributed by atoms with E-state index in [1.54, 1.807) is 0 Å². The van der Waals surface area contributed by atoms with E-state index in [0.717, 1.165) is 12.1 Å². The summed E-state index contributed by atoms with van der Waals surface area (Å²) in [6.45, 7) is 0. The molecule has 0 saturated carbocycles. The van der Waals surface area contributed by atoms with E-state index in [1.807, 2.05) is 0 Å². The molecule has 2 aromatic carbocycles. The Kier molecular flexibility index (Phi) is 4.57. The molecule has 0 unspecified atom stereocenters. The number of benzene rings is 2. The summed E-state index contributed by atoms with van der Waals surface area (Å²) in [6, 6.07) is 4.81. The lowest BCUT2D eigenvalue weighted by Crippen LogP contribution is -1.96. The Labute approximate surface area is 138 Å². The molecule has 0 amide bonds. The Balaban J connectivity index is 2.48. The quantitative estimate of drug-likeness (QED) is 0.631. The van der Waals surface area contributed by atoms with Gasteiger partial charge in [0, 0.05) is 12.1 Å². The van der Waals surface area contributed by atoms with E-state index in [0.29, 0.717) is 11.1 Å². The summed E-state index contributed by atoms with van der Waals surface area (Å²) in [6.07, 6.45) is 0.0294. The molecule has 23 heavy (non-hydrogen) atoms. The summed E-state index contributed by atoms with van der Waals surface area (Å²) in [5.41, 5.74) is -0.468. The SMILES string of the molecule is O=[N+]([O-])c1cc(Cc2cc(Cl)c(O)c([N+](=O)[O-])c2)cc(Cl)c1O. The third-order valence-corrected chi connectivity index (χ3v) is 3.58. The van der Waals surface area contributed by atoms with Crippen LogP contribution in [0.5, 0.6) is 11.5 Å². The van der Waals surface area contributed by atoms with Crippen molar-refractivity contribution in [2.75, 3.05) is 0 Å². The minimum absolute atomic E-state index is 0.0294. The predicted octanol–water partition coefficient (Wildman–Crippen LogP) is 3.81. The third-order valence-electron chi connectivity index (χ3n) is 3.01. The summed E-state index contributed by atoms with van der Waals surface area (Å²) < 4.78 is 0. The third kappa shape index (κ3) is 3.43. The average molecular weight is 359 g/mol. The molecule has 10 heteroatoms. The van der Waals surface area contributed by atoms with Crippen molar-refractivity contribution in [1.82, 2.24) is 0 Å². The molecule has 0 atom stereocenters. The maximum atomic E-state index is 10.9. The van der Waals surface area contributed by atoms with Gasteiger partial charge in [-0.2, -0.15) is 0 Å². The first-order chi connectivity index (χ1) is 10.7. The molecule has 0 aliphatic carbocycles. The molecule has 0 spiro atoms. The van der Waals surface area contributed by atoms with Gasteiger partial charge in [-0.15, -0.1) is 0 Å². The zero-order chi connectivity index (χ0) is 17.3. The van der Waals surface area contributed by atoms with E-state index < -0.39 is 32.7 Å². The van der Waals surface area contributed by atoms with Gasteiger partial charge in [0.25, 0.3) is 0 Å². The van der Waals surface area contributed by atoms with Crippen molar-refractivity contribution in [3.05, 3.63) is 65.7 Å². The fourth-order valence-corrected chi connectivity index (χ4v) is 2.47. The van der Waals surface area contributed by atoms with Gasteiger partial charge in [0.1, 0.15) is 0 Å². The number of rotatable bonds is 4. The fraction of sp³-hybridized carbons (Fsp3) is 0.0769. The molecule has 0 saturated heterocycles. The van der Waals surface area contributed by atoms with Crippen LogP contribution < -0.4 is 0 Å². The van der Waals surface area contributed by atoms with Gasteiger partial charge in [-0.1, -0.05) is 23.2 Å². The number of nitro groups is 2. The Morgan fingerprint density at radius 1 is 0.826 bits per heavy atom. The molecule has 0 bridgehead atoms. The van der Waals surface area contributed by atoms with E-state index in [1.165, 1.54) is 12.1 Å². The minimum Gasteiger partial charge on any atom is -0.501 e. The van der Waals surface area contributed by atoms with E-state index in [9.17, 15) is 30.4 Å². The predicted molar refractivity (Wildman–Crippen MR) is 82.3 cm³/mol. The van der Waals surface area contributed by atoms with Crippen LogP contribution in [0.3, 0.4) is 0 Å². The minimum atomic E-state index is -0.795. The lowest BCUT2D eigenvalue weighted by atomic mass is 10.0. The number of phenols is 2. The molecular formula is C13H8Cl2N2O6. The van der Waals surface area contributed by atoms with Crippen LogP contribution in [-0.2, 0) is 6.42 Å². The molecule has 0 aromatic heterocycles. The molecule has 2 N–H and O–H groups in total. The van der Waals surface area contributed by atoms with Gasteiger partial charge < -0.3 is 10.2 Å². The average Bonchev–Trinajstić information content (AvgIpc) is 2.45. The lowest BCUT2D eigenvalue weighted by molar-refractivity contribution is -0.386. The Morgan fingerprint density at radius 2 is 1.17 bits per heavy atom. The summed E-state index contributed by atoms with van der Waals surface area (Å²) >= 11 is 11.5. The largest absolute Gasteiger partial charge is 0.501 e. The molecule has 120 valence electrons. The van der Waals surface area contributed by atoms with Gasteiger partial charge in [0.15, 0.2) is 0 Å². The van der Waals surface area contributed by atoms with Crippen molar-refractivity contribution in [2.24, 2.45) is 0 Å². The standard InChI is InChI=1S/C13H8Cl2N2O6/c14-8-2-6(4-10(12(8)18)16(20)21)1-7-3-9(15)13(19)11(5-7)17(22)23/h2-5,18-19H,1H2. The second kappa shape index (κ2) is 6.27. The Hall–Kier alpha value is -2.58. The highest BCUT2D eigenvalue weighted by molar-refractivity contribution is 6.32. The molecule has 0 heterocycles. The number of phenolic OH excluding ortho intramolecular Hbond substituents is 2. The Morgan fingerprint density at radius 3 is 1.48 bits per heavy atom. The first kappa shape index (κ1) is 16.8. The second-order valence-electron chi connectivity index (χ2n) is 4.58. The van der Waals surface area contributed by atoms with E-state index >= 15 is 0 Å². The van der Waals surface area contributed by atoms with Crippen LogP contribution in [-0.4, -0.2) is 20.1 Å². The summed E-state index contributed by atoms with van der Waals surface area (Å²) in [7, 11) is 0. The van der Waals surface area contributed by atoms with Crippen molar-refractivity contribution < 1.29 is 20.1 Å². The van der Waals surface area contributed by atoms with Crippen LogP contribution in [0.4, 0.5) is 11.4 Å². The number of hydrogen-bond donors (Lipinski definition) is 2. The molecule has 2 aromatic rings. The molecule has 0 aliphatic heterocycles. The van der Waals surface area contributed by atoms with Crippen LogP contribution in [0.2, 0.25) is 10.0 Å². The molecule has 2 rings (SSSR count). The maximum Gasteiger partial charge on any atom is 0.312 e. The van der Waals surface area contributed by atoms with Crippen molar-refractivity contribution in [1.29, 1.82) is 0 Å². The number of nitro benzene ring substituents is 2. The van der Waals surface area contributed by atoms with Gasteiger partial charge in [-0.25, -0.2) is 0 Å². The zero-order valence-electron chi connectivity index (χ0n) is 11.2. The first-order valence-electron chi connectivity index (χ1n) is 6.02. The van der Waals surface area contributed by atoms with Crippen LogP contribution in [0.15, 0.2) is 24.3 Å². The molecule has 8 nitrogen and oxygen atoms in total. The van der Waals surface area contributed by atoms with Gasteiger partial charge in [-0.3, -0.25) is 20.2 Å². The Bertz CT molecular complexity index is 757. The number of halogens is 2. The van der Waals surface area contributed by atoms with Crippen LogP contribution in [0.1, 0.15) is 11.1 Å². The molecule has 0 radical (unpaired) electrons. The molecule has 0 aliphatic rings. The van der Waals surface area contributed by atoms with Crippen molar-refractivity contribution in [3.63, 3.8) is 0 Å². The molecular weight excluding hydrogens is 351 g/mol. The smallest absolute Gasteiger partial charge is 0.312 e. The second-order valence-corrected chi connectivity index (χ2v) is 5.40. The number of hydrogen-bond acceptors (Lipinski definition) is 6. The van der Waals surface area contributed by atoms with Crippen molar-refractivity contribution >= 4 is 34.6 Å². The van der Waals surface area contributed by atoms with Gasteiger partial charge in [-0.05, 0) is 29.7 Å². The summed E-state index contributed by atoms with van der Waals surface area (Å²) in [4.78, 5) is 20.1. The highest BCUT2D eigenvalue weighted by Crippen LogP contribution is 2.38. The zero-order valence-corrected chi connectivity index (χ0v) is 12.7.